The van der Waals surface area contributed by atoms with E-state index in [1.165, 1.54) is 0 Å². The molecule has 0 radical (unpaired) electrons. The Balaban J connectivity index is 2.66. The molecule has 0 aliphatic rings. The van der Waals surface area contributed by atoms with Gasteiger partial charge in [0, 0.05) is 17.4 Å². The van der Waals surface area contributed by atoms with Crippen LogP contribution in [-0.2, 0) is 0 Å². The lowest BCUT2D eigenvalue weighted by Crippen LogP contribution is -2.09. The molecule has 1 N–H and O–H groups in total. The Hall–Kier alpha value is -1.97. The second-order valence-electron chi connectivity index (χ2n) is 4.90. The maximum Gasteiger partial charge on any atom is 0.181 e. The van der Waals surface area contributed by atoms with Crippen LogP contribution in [0.1, 0.15) is 29.9 Å². The number of ether oxygens (including phenoxy) is 2. The van der Waals surface area contributed by atoms with Crippen molar-refractivity contribution >= 4 is 16.7 Å². The molecule has 1 heterocycles. The number of hydrogen-bond acceptors (Lipinski definition) is 3. The summed E-state index contributed by atoms with van der Waals surface area (Å²) < 4.78 is 10.6. The van der Waals surface area contributed by atoms with Crippen LogP contribution in [-0.4, -0.2) is 25.0 Å². The van der Waals surface area contributed by atoms with E-state index in [-0.39, 0.29) is 11.7 Å². The fraction of sp³-hybridized carbons (Fsp3) is 0.400. The molecule has 1 aromatic heterocycles. The predicted molar refractivity (Wildman–Crippen MR) is 75.3 cm³/mol. The number of H-pyrrole nitrogens is 1. The van der Waals surface area contributed by atoms with E-state index in [0.29, 0.717) is 17.2 Å². The monoisotopic (exact) mass is 261 g/mol. The Labute approximate surface area is 112 Å². The van der Waals surface area contributed by atoms with Crippen LogP contribution in [0.2, 0.25) is 0 Å². The molecule has 4 nitrogen and oxygen atoms in total. The first-order chi connectivity index (χ1) is 8.99. The SMILES string of the molecule is COc1cc2[nH]c(C(=O)C(C)C)c(C)c2cc1OC. The third-order valence-electron chi connectivity index (χ3n) is 3.33. The number of hydrogen-bond donors (Lipinski definition) is 1. The van der Waals surface area contributed by atoms with E-state index in [9.17, 15) is 4.79 Å². The average Bonchev–Trinajstić information content (AvgIpc) is 2.72. The van der Waals surface area contributed by atoms with Crippen LogP contribution in [0, 0.1) is 12.8 Å². The summed E-state index contributed by atoms with van der Waals surface area (Å²) in [4.78, 5) is 15.3. The van der Waals surface area contributed by atoms with Crippen molar-refractivity contribution in [2.75, 3.05) is 14.2 Å². The van der Waals surface area contributed by atoms with Gasteiger partial charge in [0.05, 0.1) is 25.4 Å². The summed E-state index contributed by atoms with van der Waals surface area (Å²) in [5, 5.41) is 0.988. The average molecular weight is 261 g/mol. The largest absolute Gasteiger partial charge is 0.493 e. The minimum absolute atomic E-state index is 0.0319. The van der Waals surface area contributed by atoms with Gasteiger partial charge in [-0.05, 0) is 18.6 Å². The first kappa shape index (κ1) is 13.5. The van der Waals surface area contributed by atoms with Crippen LogP contribution >= 0.6 is 0 Å². The predicted octanol–water partition coefficient (Wildman–Crippen LogP) is 3.33. The Morgan fingerprint density at radius 2 is 1.74 bits per heavy atom. The molecule has 2 rings (SSSR count). The molecule has 0 unspecified atom stereocenters. The van der Waals surface area contributed by atoms with Crippen molar-refractivity contribution in [3.05, 3.63) is 23.4 Å². The smallest absolute Gasteiger partial charge is 0.181 e. The van der Waals surface area contributed by atoms with E-state index >= 15 is 0 Å². The Kier molecular flexibility index (Phi) is 3.51. The zero-order chi connectivity index (χ0) is 14.2. The van der Waals surface area contributed by atoms with Crippen molar-refractivity contribution in [1.29, 1.82) is 0 Å². The molecular weight excluding hydrogens is 242 g/mol. The van der Waals surface area contributed by atoms with Crippen molar-refractivity contribution in [3.8, 4) is 11.5 Å². The number of aromatic amines is 1. The molecule has 2 aromatic rings. The molecule has 0 saturated carbocycles. The van der Waals surface area contributed by atoms with Gasteiger partial charge in [-0.15, -0.1) is 0 Å². The van der Waals surface area contributed by atoms with Gasteiger partial charge in [0.1, 0.15) is 0 Å². The summed E-state index contributed by atoms with van der Waals surface area (Å²) in [6.45, 7) is 5.74. The summed E-state index contributed by atoms with van der Waals surface area (Å²) in [6.07, 6.45) is 0. The number of carbonyl (C=O) groups excluding carboxylic acids is 1. The second-order valence-corrected chi connectivity index (χ2v) is 4.90. The van der Waals surface area contributed by atoms with E-state index < -0.39 is 0 Å². The number of rotatable bonds is 4. The molecular formula is C15H19NO3. The van der Waals surface area contributed by atoms with Gasteiger partial charge < -0.3 is 14.5 Å². The zero-order valence-corrected chi connectivity index (χ0v) is 12.0. The standard InChI is InChI=1S/C15H19NO3/c1-8(2)15(17)14-9(3)10-6-12(18-4)13(19-5)7-11(10)16-14/h6-8,16H,1-5H3. The van der Waals surface area contributed by atoms with Crippen LogP contribution in [0.5, 0.6) is 11.5 Å². The number of nitrogens with one attached hydrogen (secondary N) is 1. The van der Waals surface area contributed by atoms with Crippen LogP contribution < -0.4 is 9.47 Å². The zero-order valence-electron chi connectivity index (χ0n) is 12.0. The third kappa shape index (κ3) is 2.18. The summed E-state index contributed by atoms with van der Waals surface area (Å²) in [5.74, 6) is 1.41. The molecule has 0 fully saturated rings. The molecule has 102 valence electrons. The van der Waals surface area contributed by atoms with Gasteiger partial charge in [-0.3, -0.25) is 4.79 Å². The number of aromatic nitrogens is 1. The molecule has 1 aromatic carbocycles. The number of fused-ring (bicyclic) bond motifs is 1. The van der Waals surface area contributed by atoms with E-state index in [1.54, 1.807) is 14.2 Å². The van der Waals surface area contributed by atoms with Gasteiger partial charge in [-0.2, -0.15) is 0 Å². The van der Waals surface area contributed by atoms with Crippen LogP contribution in [0.4, 0.5) is 0 Å². The molecule has 0 bridgehead atoms. The molecule has 4 heteroatoms. The molecule has 19 heavy (non-hydrogen) atoms. The molecule has 0 amide bonds. The highest BCUT2D eigenvalue weighted by Gasteiger charge is 2.19. The number of methoxy groups -OCH3 is 2. The van der Waals surface area contributed by atoms with Crippen molar-refractivity contribution < 1.29 is 14.3 Å². The van der Waals surface area contributed by atoms with Crippen LogP contribution in [0.15, 0.2) is 12.1 Å². The van der Waals surface area contributed by atoms with Gasteiger partial charge in [0.2, 0.25) is 0 Å². The van der Waals surface area contributed by atoms with Crippen molar-refractivity contribution in [3.63, 3.8) is 0 Å². The Morgan fingerprint density at radius 1 is 1.16 bits per heavy atom. The molecule has 0 saturated heterocycles. The first-order valence-electron chi connectivity index (χ1n) is 6.28. The van der Waals surface area contributed by atoms with Gasteiger partial charge >= 0.3 is 0 Å². The summed E-state index contributed by atoms with van der Waals surface area (Å²) in [7, 11) is 3.20. The lowest BCUT2D eigenvalue weighted by atomic mass is 10.0. The number of ketones is 1. The fourth-order valence-corrected chi connectivity index (χ4v) is 2.19. The second kappa shape index (κ2) is 4.96. The molecule has 0 aliphatic carbocycles. The summed E-state index contributed by atoms with van der Waals surface area (Å²) in [6, 6.07) is 3.76. The summed E-state index contributed by atoms with van der Waals surface area (Å²) >= 11 is 0. The Bertz CT molecular complexity index is 626. The highest BCUT2D eigenvalue weighted by atomic mass is 16.5. The normalized spacial score (nSPS) is 11.1. The number of Topliss-reactive ketones (excluding diaryl/α,β-unsaturated/α-hetero) is 1. The van der Waals surface area contributed by atoms with E-state index in [4.69, 9.17) is 9.47 Å². The number of carbonyl (C=O) groups is 1. The maximum atomic E-state index is 12.2. The number of aryl methyl sites for hydroxylation is 1. The molecule has 0 aliphatic heterocycles. The molecule has 0 atom stereocenters. The van der Waals surface area contributed by atoms with Crippen molar-refractivity contribution in [1.82, 2.24) is 4.98 Å². The Morgan fingerprint density at radius 3 is 2.26 bits per heavy atom. The van der Waals surface area contributed by atoms with Gasteiger partial charge in [0.25, 0.3) is 0 Å². The lowest BCUT2D eigenvalue weighted by molar-refractivity contribution is 0.0934. The van der Waals surface area contributed by atoms with Crippen LogP contribution in [0.25, 0.3) is 10.9 Å². The molecule has 0 spiro atoms. The number of benzene rings is 1. The fourth-order valence-electron chi connectivity index (χ4n) is 2.19. The quantitative estimate of drug-likeness (QED) is 0.859. The van der Waals surface area contributed by atoms with Crippen molar-refractivity contribution in [2.45, 2.75) is 20.8 Å². The minimum atomic E-state index is -0.0319. The van der Waals surface area contributed by atoms with Gasteiger partial charge in [-0.25, -0.2) is 0 Å². The van der Waals surface area contributed by atoms with E-state index in [1.807, 2.05) is 32.9 Å². The summed E-state index contributed by atoms with van der Waals surface area (Å²) in [5.41, 5.74) is 2.51. The van der Waals surface area contributed by atoms with E-state index in [2.05, 4.69) is 4.98 Å². The highest BCUT2D eigenvalue weighted by Crippen LogP contribution is 2.34. The lowest BCUT2D eigenvalue weighted by Gasteiger charge is -2.07. The highest BCUT2D eigenvalue weighted by molar-refractivity contribution is 6.03. The topological polar surface area (TPSA) is 51.3 Å². The van der Waals surface area contributed by atoms with Gasteiger partial charge in [0.15, 0.2) is 17.3 Å². The van der Waals surface area contributed by atoms with Crippen LogP contribution in [0.3, 0.4) is 0 Å². The first-order valence-corrected chi connectivity index (χ1v) is 6.28. The van der Waals surface area contributed by atoms with E-state index in [0.717, 1.165) is 16.5 Å². The minimum Gasteiger partial charge on any atom is -0.493 e. The van der Waals surface area contributed by atoms with Gasteiger partial charge in [-0.1, -0.05) is 13.8 Å². The maximum absolute atomic E-state index is 12.2. The third-order valence-corrected chi connectivity index (χ3v) is 3.33. The van der Waals surface area contributed by atoms with Crippen molar-refractivity contribution in [2.24, 2.45) is 5.92 Å².